The van der Waals surface area contributed by atoms with Gasteiger partial charge in [0.05, 0.1) is 0 Å². The first-order valence-electron chi connectivity index (χ1n) is 5.47. The molecule has 1 aromatic heterocycles. The van der Waals surface area contributed by atoms with E-state index in [1.165, 1.54) is 16.7 Å². The summed E-state index contributed by atoms with van der Waals surface area (Å²) in [6.07, 6.45) is 1.88. The molecule has 0 amide bonds. The number of nitrogens with one attached hydrogen (secondary N) is 2. The van der Waals surface area contributed by atoms with Gasteiger partial charge in [-0.15, -0.1) is 0 Å². The van der Waals surface area contributed by atoms with Gasteiger partial charge >= 0.3 is 0 Å². The Labute approximate surface area is 95.9 Å². The third-order valence-electron chi connectivity index (χ3n) is 2.63. The zero-order valence-electron chi connectivity index (χ0n) is 9.96. The maximum absolute atomic E-state index is 4.40. The molecule has 84 valence electrons. The highest BCUT2D eigenvalue weighted by Gasteiger charge is 2.05. The van der Waals surface area contributed by atoms with Crippen LogP contribution in [0.1, 0.15) is 16.8 Å². The average Bonchev–Trinajstić information content (AvgIpc) is 2.67. The number of imidazole rings is 1. The molecule has 2 aromatic rings. The first-order chi connectivity index (χ1) is 7.70. The molecule has 0 bridgehead atoms. The van der Waals surface area contributed by atoms with E-state index in [1.54, 1.807) is 0 Å². The fourth-order valence-corrected chi connectivity index (χ4v) is 1.86. The van der Waals surface area contributed by atoms with E-state index >= 15 is 0 Å². The number of aromatic nitrogens is 2. The van der Waals surface area contributed by atoms with E-state index in [-0.39, 0.29) is 0 Å². The second-order valence-corrected chi connectivity index (χ2v) is 4.11. The number of H-pyrrole nitrogens is 1. The third kappa shape index (κ3) is 2.14. The van der Waals surface area contributed by atoms with E-state index in [4.69, 9.17) is 0 Å². The highest BCUT2D eigenvalue weighted by Crippen LogP contribution is 2.21. The van der Waals surface area contributed by atoms with Crippen molar-refractivity contribution in [2.75, 3.05) is 7.05 Å². The average molecular weight is 215 g/mol. The van der Waals surface area contributed by atoms with Gasteiger partial charge < -0.3 is 10.3 Å². The van der Waals surface area contributed by atoms with Crippen LogP contribution in [0, 0.1) is 13.8 Å². The van der Waals surface area contributed by atoms with E-state index < -0.39 is 0 Å². The van der Waals surface area contributed by atoms with Gasteiger partial charge in [0.1, 0.15) is 5.82 Å². The summed E-state index contributed by atoms with van der Waals surface area (Å²) < 4.78 is 0. The lowest BCUT2D eigenvalue weighted by molar-refractivity contribution is 0.797. The van der Waals surface area contributed by atoms with Crippen LogP contribution in [-0.4, -0.2) is 17.0 Å². The van der Waals surface area contributed by atoms with E-state index in [9.17, 15) is 0 Å². The van der Waals surface area contributed by atoms with Crippen molar-refractivity contribution in [3.8, 4) is 11.4 Å². The SMILES string of the molecule is CNCc1cnc(-c2ccc(C)cc2C)[nH]1. The highest BCUT2D eigenvalue weighted by molar-refractivity contribution is 5.60. The fraction of sp³-hybridized carbons (Fsp3) is 0.308. The third-order valence-corrected chi connectivity index (χ3v) is 2.63. The molecule has 3 nitrogen and oxygen atoms in total. The number of hydrogen-bond acceptors (Lipinski definition) is 2. The monoisotopic (exact) mass is 215 g/mol. The number of benzene rings is 1. The lowest BCUT2D eigenvalue weighted by Crippen LogP contribution is -2.04. The molecule has 2 rings (SSSR count). The summed E-state index contributed by atoms with van der Waals surface area (Å²) in [5, 5.41) is 3.10. The largest absolute Gasteiger partial charge is 0.341 e. The molecule has 0 aliphatic rings. The molecule has 3 heteroatoms. The maximum atomic E-state index is 4.40. The summed E-state index contributed by atoms with van der Waals surface area (Å²) in [4.78, 5) is 7.72. The van der Waals surface area contributed by atoms with E-state index in [0.29, 0.717) is 0 Å². The van der Waals surface area contributed by atoms with Crippen LogP contribution < -0.4 is 5.32 Å². The van der Waals surface area contributed by atoms with E-state index in [0.717, 1.165) is 18.1 Å². The van der Waals surface area contributed by atoms with Gasteiger partial charge in [-0.2, -0.15) is 0 Å². The number of hydrogen-bond donors (Lipinski definition) is 2. The Morgan fingerprint density at radius 1 is 1.31 bits per heavy atom. The van der Waals surface area contributed by atoms with E-state index in [2.05, 4.69) is 47.3 Å². The summed E-state index contributed by atoms with van der Waals surface area (Å²) in [5.41, 5.74) is 4.82. The Morgan fingerprint density at radius 2 is 2.12 bits per heavy atom. The van der Waals surface area contributed by atoms with Crippen LogP contribution in [0.4, 0.5) is 0 Å². The van der Waals surface area contributed by atoms with Crippen molar-refractivity contribution in [1.29, 1.82) is 0 Å². The summed E-state index contributed by atoms with van der Waals surface area (Å²) in [6.45, 7) is 5.03. The molecule has 0 unspecified atom stereocenters. The number of aromatic amines is 1. The molecule has 0 aliphatic heterocycles. The van der Waals surface area contributed by atoms with Crippen molar-refractivity contribution in [3.05, 3.63) is 41.2 Å². The summed E-state index contributed by atoms with van der Waals surface area (Å²) >= 11 is 0. The van der Waals surface area contributed by atoms with Crippen LogP contribution >= 0.6 is 0 Å². The van der Waals surface area contributed by atoms with Crippen molar-refractivity contribution in [3.63, 3.8) is 0 Å². The first-order valence-corrected chi connectivity index (χ1v) is 5.47. The Morgan fingerprint density at radius 3 is 2.81 bits per heavy atom. The standard InChI is InChI=1S/C13H17N3/c1-9-4-5-12(10(2)6-9)13-15-8-11(16-13)7-14-3/h4-6,8,14H,7H2,1-3H3,(H,15,16). The van der Waals surface area contributed by atoms with Gasteiger partial charge in [0.25, 0.3) is 0 Å². The first kappa shape index (κ1) is 10.9. The predicted octanol–water partition coefficient (Wildman–Crippen LogP) is 2.41. The van der Waals surface area contributed by atoms with Crippen LogP contribution in [0.5, 0.6) is 0 Å². The molecule has 0 saturated carbocycles. The Kier molecular flexibility index (Phi) is 3.06. The van der Waals surface area contributed by atoms with Crippen molar-refractivity contribution in [2.45, 2.75) is 20.4 Å². The number of aryl methyl sites for hydroxylation is 2. The maximum Gasteiger partial charge on any atom is 0.137 e. The van der Waals surface area contributed by atoms with Crippen LogP contribution in [0.25, 0.3) is 11.4 Å². The van der Waals surface area contributed by atoms with Gasteiger partial charge in [0.2, 0.25) is 0 Å². The van der Waals surface area contributed by atoms with Gasteiger partial charge in [-0.1, -0.05) is 23.8 Å². The molecule has 2 N–H and O–H groups in total. The van der Waals surface area contributed by atoms with E-state index in [1.807, 2.05) is 13.2 Å². The molecule has 16 heavy (non-hydrogen) atoms. The minimum Gasteiger partial charge on any atom is -0.341 e. The molecule has 1 aromatic carbocycles. The summed E-state index contributed by atoms with van der Waals surface area (Å²) in [7, 11) is 1.93. The lowest BCUT2D eigenvalue weighted by atomic mass is 10.1. The number of nitrogens with zero attached hydrogens (tertiary/aromatic N) is 1. The molecular weight excluding hydrogens is 198 g/mol. The summed E-state index contributed by atoms with van der Waals surface area (Å²) in [6, 6.07) is 6.41. The molecule has 0 saturated heterocycles. The Bertz CT molecular complexity index is 486. The van der Waals surface area contributed by atoms with Gasteiger partial charge in [0, 0.05) is 24.0 Å². The molecule has 0 radical (unpaired) electrons. The van der Waals surface area contributed by atoms with Gasteiger partial charge in [-0.05, 0) is 26.5 Å². The van der Waals surface area contributed by atoms with Crippen molar-refractivity contribution in [1.82, 2.24) is 15.3 Å². The van der Waals surface area contributed by atoms with Gasteiger partial charge in [-0.25, -0.2) is 4.98 Å². The Balaban J connectivity index is 2.35. The molecular formula is C13H17N3. The minimum absolute atomic E-state index is 0.817. The zero-order valence-corrected chi connectivity index (χ0v) is 9.96. The normalized spacial score (nSPS) is 10.7. The number of rotatable bonds is 3. The lowest BCUT2D eigenvalue weighted by Gasteiger charge is -2.03. The molecule has 0 atom stereocenters. The summed E-state index contributed by atoms with van der Waals surface area (Å²) in [5.74, 6) is 0.947. The van der Waals surface area contributed by atoms with Crippen molar-refractivity contribution in [2.24, 2.45) is 0 Å². The molecule has 1 heterocycles. The smallest absolute Gasteiger partial charge is 0.137 e. The van der Waals surface area contributed by atoms with Crippen molar-refractivity contribution >= 4 is 0 Å². The van der Waals surface area contributed by atoms with Gasteiger partial charge in [0.15, 0.2) is 0 Å². The topological polar surface area (TPSA) is 40.7 Å². The molecule has 0 spiro atoms. The predicted molar refractivity (Wildman–Crippen MR) is 66.3 cm³/mol. The molecule has 0 fully saturated rings. The Hall–Kier alpha value is -1.61. The van der Waals surface area contributed by atoms with Gasteiger partial charge in [-0.3, -0.25) is 0 Å². The fourth-order valence-electron chi connectivity index (χ4n) is 1.86. The quantitative estimate of drug-likeness (QED) is 0.825. The highest BCUT2D eigenvalue weighted by atomic mass is 14.9. The van der Waals surface area contributed by atoms with Crippen LogP contribution in [-0.2, 0) is 6.54 Å². The zero-order chi connectivity index (χ0) is 11.5. The second kappa shape index (κ2) is 4.49. The molecule has 0 aliphatic carbocycles. The second-order valence-electron chi connectivity index (χ2n) is 4.11. The minimum atomic E-state index is 0.817. The van der Waals surface area contributed by atoms with Crippen LogP contribution in [0.15, 0.2) is 24.4 Å². The van der Waals surface area contributed by atoms with Crippen molar-refractivity contribution < 1.29 is 0 Å². The van der Waals surface area contributed by atoms with Crippen LogP contribution in [0.3, 0.4) is 0 Å². The van der Waals surface area contributed by atoms with Crippen LogP contribution in [0.2, 0.25) is 0 Å².